The van der Waals surface area contributed by atoms with Crippen LogP contribution in [0, 0.1) is 0 Å². The predicted octanol–water partition coefficient (Wildman–Crippen LogP) is 1.28. The summed E-state index contributed by atoms with van der Waals surface area (Å²) in [6.07, 6.45) is 4.06. The van der Waals surface area contributed by atoms with Crippen LogP contribution in [0.5, 0.6) is 0 Å². The summed E-state index contributed by atoms with van der Waals surface area (Å²) in [5, 5.41) is 16.8. The second-order valence-electron chi connectivity index (χ2n) is 4.33. The van der Waals surface area contributed by atoms with E-state index in [-0.39, 0.29) is 5.69 Å². The zero-order valence-corrected chi connectivity index (χ0v) is 9.93. The van der Waals surface area contributed by atoms with Gasteiger partial charge in [0.15, 0.2) is 5.69 Å². The van der Waals surface area contributed by atoms with Crippen LogP contribution in [0.4, 0.5) is 0 Å². The standard InChI is InChI=1S/C11H17N3O3/c1-17-7-3-6-14-10(8-4-2-5-8)9(11(15)16)12-13-14/h8H,2-7H2,1H3,(H,15,16). The van der Waals surface area contributed by atoms with Crippen LogP contribution in [0.2, 0.25) is 0 Å². The van der Waals surface area contributed by atoms with Gasteiger partial charge in [0.05, 0.1) is 5.69 Å². The van der Waals surface area contributed by atoms with Crippen LogP contribution in [0.25, 0.3) is 0 Å². The van der Waals surface area contributed by atoms with Crippen molar-refractivity contribution in [3.8, 4) is 0 Å². The van der Waals surface area contributed by atoms with Crippen molar-refractivity contribution in [2.75, 3.05) is 13.7 Å². The number of nitrogens with zero attached hydrogens (tertiary/aromatic N) is 3. The normalized spacial score (nSPS) is 15.8. The molecule has 0 amide bonds. The maximum absolute atomic E-state index is 11.1. The van der Waals surface area contributed by atoms with E-state index in [1.54, 1.807) is 11.8 Å². The smallest absolute Gasteiger partial charge is 0.358 e. The number of carbonyl (C=O) groups is 1. The monoisotopic (exact) mass is 239 g/mol. The van der Waals surface area contributed by atoms with E-state index >= 15 is 0 Å². The summed E-state index contributed by atoms with van der Waals surface area (Å²) in [6.45, 7) is 1.31. The lowest BCUT2D eigenvalue weighted by atomic mass is 9.82. The lowest BCUT2D eigenvalue weighted by Crippen LogP contribution is -2.18. The minimum Gasteiger partial charge on any atom is -0.476 e. The van der Waals surface area contributed by atoms with E-state index in [4.69, 9.17) is 9.84 Å². The number of carboxylic acid groups (broad SMARTS) is 1. The zero-order chi connectivity index (χ0) is 12.3. The molecule has 1 aliphatic rings. The second-order valence-corrected chi connectivity index (χ2v) is 4.33. The third-order valence-corrected chi connectivity index (χ3v) is 3.19. The van der Waals surface area contributed by atoms with Crippen LogP contribution in [-0.4, -0.2) is 39.8 Å². The van der Waals surface area contributed by atoms with Gasteiger partial charge in [-0.1, -0.05) is 11.6 Å². The molecule has 0 spiro atoms. The molecule has 6 heteroatoms. The number of rotatable bonds is 6. The molecule has 6 nitrogen and oxygen atoms in total. The molecule has 0 aromatic carbocycles. The maximum atomic E-state index is 11.1. The second kappa shape index (κ2) is 5.27. The molecule has 0 bridgehead atoms. The van der Waals surface area contributed by atoms with Gasteiger partial charge in [-0.3, -0.25) is 0 Å². The van der Waals surface area contributed by atoms with Gasteiger partial charge in [0, 0.05) is 26.2 Å². The number of aromatic nitrogens is 3. The molecule has 1 aliphatic carbocycles. The maximum Gasteiger partial charge on any atom is 0.358 e. The molecule has 17 heavy (non-hydrogen) atoms. The molecule has 0 unspecified atom stereocenters. The Balaban J connectivity index is 2.16. The van der Waals surface area contributed by atoms with Gasteiger partial charge >= 0.3 is 5.97 Å². The van der Waals surface area contributed by atoms with Crippen LogP contribution in [0.3, 0.4) is 0 Å². The van der Waals surface area contributed by atoms with Crippen molar-refractivity contribution in [1.29, 1.82) is 0 Å². The highest BCUT2D eigenvalue weighted by molar-refractivity contribution is 5.86. The van der Waals surface area contributed by atoms with Gasteiger partial charge in [-0.05, 0) is 19.3 Å². The number of hydrogen-bond acceptors (Lipinski definition) is 4. The van der Waals surface area contributed by atoms with Gasteiger partial charge in [0.25, 0.3) is 0 Å². The molecule has 0 saturated heterocycles. The number of hydrogen-bond donors (Lipinski definition) is 1. The molecule has 1 N–H and O–H groups in total. The van der Waals surface area contributed by atoms with Crippen molar-refractivity contribution in [3.05, 3.63) is 11.4 Å². The first-order chi connectivity index (χ1) is 8.24. The quantitative estimate of drug-likeness (QED) is 0.757. The summed E-state index contributed by atoms with van der Waals surface area (Å²) in [5.41, 5.74) is 0.909. The van der Waals surface area contributed by atoms with E-state index in [0.717, 1.165) is 31.4 Å². The average Bonchev–Trinajstić information content (AvgIpc) is 2.60. The molecular formula is C11H17N3O3. The first-order valence-electron chi connectivity index (χ1n) is 5.89. The Morgan fingerprint density at radius 3 is 2.88 bits per heavy atom. The molecular weight excluding hydrogens is 222 g/mol. The summed E-state index contributed by atoms with van der Waals surface area (Å²) < 4.78 is 6.71. The number of carboxylic acids is 1. The van der Waals surface area contributed by atoms with Crippen LogP contribution in [0.1, 0.15) is 47.8 Å². The number of aromatic carboxylic acids is 1. The van der Waals surface area contributed by atoms with E-state index in [1.165, 1.54) is 0 Å². The van der Waals surface area contributed by atoms with E-state index in [1.807, 2.05) is 0 Å². The summed E-state index contributed by atoms with van der Waals surface area (Å²) >= 11 is 0. The summed E-state index contributed by atoms with van der Waals surface area (Å²) in [7, 11) is 1.65. The van der Waals surface area contributed by atoms with Gasteiger partial charge in [-0.2, -0.15) is 0 Å². The first-order valence-corrected chi connectivity index (χ1v) is 5.89. The van der Waals surface area contributed by atoms with Crippen molar-refractivity contribution in [3.63, 3.8) is 0 Å². The number of methoxy groups -OCH3 is 1. The zero-order valence-electron chi connectivity index (χ0n) is 9.93. The van der Waals surface area contributed by atoms with Crippen LogP contribution in [0.15, 0.2) is 0 Å². The fourth-order valence-electron chi connectivity index (χ4n) is 2.08. The minimum atomic E-state index is -0.982. The third kappa shape index (κ3) is 2.46. The highest BCUT2D eigenvalue weighted by atomic mass is 16.5. The molecule has 1 fully saturated rings. The Labute approximate surface area is 99.6 Å². The SMILES string of the molecule is COCCCn1nnc(C(=O)O)c1C1CCC1. The molecule has 1 saturated carbocycles. The number of aryl methyl sites for hydroxylation is 1. The lowest BCUT2D eigenvalue weighted by Gasteiger charge is -2.26. The molecule has 94 valence electrons. The Hall–Kier alpha value is -1.43. The summed E-state index contributed by atoms with van der Waals surface area (Å²) in [6, 6.07) is 0. The molecule has 0 atom stereocenters. The van der Waals surface area contributed by atoms with E-state index < -0.39 is 5.97 Å². The van der Waals surface area contributed by atoms with Crippen molar-refractivity contribution in [2.24, 2.45) is 0 Å². The van der Waals surface area contributed by atoms with Gasteiger partial charge in [0.2, 0.25) is 0 Å². The molecule has 1 aromatic rings. The van der Waals surface area contributed by atoms with Gasteiger partial charge < -0.3 is 9.84 Å². The molecule has 1 heterocycles. The highest BCUT2D eigenvalue weighted by Gasteiger charge is 2.30. The van der Waals surface area contributed by atoms with Gasteiger partial charge in [-0.15, -0.1) is 5.10 Å². The predicted molar refractivity (Wildman–Crippen MR) is 60.1 cm³/mol. The molecule has 0 radical (unpaired) electrons. The van der Waals surface area contributed by atoms with Gasteiger partial charge in [0.1, 0.15) is 0 Å². The summed E-state index contributed by atoms with van der Waals surface area (Å²) in [4.78, 5) is 11.1. The number of ether oxygens (including phenoxy) is 1. The largest absolute Gasteiger partial charge is 0.476 e. The third-order valence-electron chi connectivity index (χ3n) is 3.19. The first kappa shape index (κ1) is 12.0. The molecule has 2 rings (SSSR count). The van der Waals surface area contributed by atoms with Crippen LogP contribution in [-0.2, 0) is 11.3 Å². The van der Waals surface area contributed by atoms with Crippen molar-refractivity contribution in [1.82, 2.24) is 15.0 Å². The van der Waals surface area contributed by atoms with E-state index in [9.17, 15) is 4.79 Å². The fraction of sp³-hybridized carbons (Fsp3) is 0.727. The van der Waals surface area contributed by atoms with Crippen LogP contribution < -0.4 is 0 Å². The van der Waals surface area contributed by atoms with Crippen LogP contribution >= 0.6 is 0 Å². The van der Waals surface area contributed by atoms with Gasteiger partial charge in [-0.25, -0.2) is 9.48 Å². The van der Waals surface area contributed by atoms with E-state index in [0.29, 0.717) is 19.1 Å². The topological polar surface area (TPSA) is 77.2 Å². The Bertz CT molecular complexity index is 399. The fourth-order valence-corrected chi connectivity index (χ4v) is 2.08. The van der Waals surface area contributed by atoms with E-state index in [2.05, 4.69) is 10.3 Å². The lowest BCUT2D eigenvalue weighted by molar-refractivity contribution is 0.0687. The minimum absolute atomic E-state index is 0.118. The average molecular weight is 239 g/mol. The Morgan fingerprint density at radius 2 is 2.35 bits per heavy atom. The molecule has 0 aliphatic heterocycles. The van der Waals surface area contributed by atoms with Crippen molar-refractivity contribution >= 4 is 5.97 Å². The Kier molecular flexibility index (Phi) is 3.73. The molecule has 1 aromatic heterocycles. The summed E-state index contributed by atoms with van der Waals surface area (Å²) in [5.74, 6) is -0.663. The van der Waals surface area contributed by atoms with Crippen molar-refractivity contribution in [2.45, 2.75) is 38.1 Å². The highest BCUT2D eigenvalue weighted by Crippen LogP contribution is 2.37. The Morgan fingerprint density at radius 1 is 1.59 bits per heavy atom. The van der Waals surface area contributed by atoms with Crippen molar-refractivity contribution < 1.29 is 14.6 Å².